The molecule has 6 nitrogen and oxygen atoms in total. The standard InChI is InChI=1S/C17H21N3O3/c1-11-13(17(22)19-12(2)18-11)9-10-16(21)20(3)14-7-5-6-8-15(14)23-4/h5-8H,9-10H2,1-4H3,(H,18,19,22). The summed E-state index contributed by atoms with van der Waals surface area (Å²) < 4.78 is 5.27. The van der Waals surface area contributed by atoms with Crippen LogP contribution in [0.3, 0.4) is 0 Å². The van der Waals surface area contributed by atoms with E-state index in [1.165, 1.54) is 0 Å². The number of rotatable bonds is 5. The van der Waals surface area contributed by atoms with E-state index in [1.54, 1.807) is 39.0 Å². The fraction of sp³-hybridized carbons (Fsp3) is 0.353. The zero-order valence-electron chi connectivity index (χ0n) is 13.8. The highest BCUT2D eigenvalue weighted by Crippen LogP contribution is 2.27. The van der Waals surface area contributed by atoms with Crippen molar-refractivity contribution < 1.29 is 9.53 Å². The second-order valence-corrected chi connectivity index (χ2v) is 5.34. The van der Waals surface area contributed by atoms with Crippen LogP contribution in [0.25, 0.3) is 0 Å². The molecule has 0 spiro atoms. The lowest BCUT2D eigenvalue weighted by Gasteiger charge is -2.20. The minimum absolute atomic E-state index is 0.0890. The van der Waals surface area contributed by atoms with Gasteiger partial charge >= 0.3 is 0 Å². The van der Waals surface area contributed by atoms with Gasteiger partial charge in [0.05, 0.1) is 12.8 Å². The monoisotopic (exact) mass is 315 g/mol. The number of hydrogen-bond acceptors (Lipinski definition) is 4. The molecule has 1 heterocycles. The molecule has 2 aromatic rings. The number of benzene rings is 1. The Morgan fingerprint density at radius 3 is 2.65 bits per heavy atom. The molecule has 1 aromatic heterocycles. The lowest BCUT2D eigenvalue weighted by Crippen LogP contribution is -2.28. The van der Waals surface area contributed by atoms with E-state index < -0.39 is 0 Å². The lowest BCUT2D eigenvalue weighted by molar-refractivity contribution is -0.118. The van der Waals surface area contributed by atoms with Crippen LogP contribution in [0.1, 0.15) is 23.5 Å². The van der Waals surface area contributed by atoms with Crippen LogP contribution in [0, 0.1) is 13.8 Å². The van der Waals surface area contributed by atoms with E-state index in [0.717, 1.165) is 0 Å². The maximum atomic E-state index is 12.4. The molecule has 1 aromatic carbocycles. The number of amides is 1. The van der Waals surface area contributed by atoms with Crippen LogP contribution in [0.15, 0.2) is 29.1 Å². The van der Waals surface area contributed by atoms with Crippen LogP contribution in [0.2, 0.25) is 0 Å². The SMILES string of the molecule is COc1ccccc1N(C)C(=O)CCc1c(C)nc(C)[nH]c1=O. The largest absolute Gasteiger partial charge is 0.495 e. The van der Waals surface area contributed by atoms with Gasteiger partial charge < -0.3 is 14.6 Å². The summed E-state index contributed by atoms with van der Waals surface area (Å²) in [5.41, 5.74) is 1.74. The number of carbonyl (C=O) groups excluding carboxylic acids is 1. The van der Waals surface area contributed by atoms with E-state index in [0.29, 0.717) is 34.9 Å². The Hall–Kier alpha value is -2.63. The fourth-order valence-corrected chi connectivity index (χ4v) is 2.49. The van der Waals surface area contributed by atoms with Crippen LogP contribution in [-0.4, -0.2) is 30.0 Å². The number of para-hydroxylation sites is 2. The van der Waals surface area contributed by atoms with E-state index in [1.807, 2.05) is 18.2 Å². The second kappa shape index (κ2) is 7.09. The summed E-state index contributed by atoms with van der Waals surface area (Å²) in [6.45, 7) is 3.52. The molecule has 2 rings (SSSR count). The van der Waals surface area contributed by atoms with Gasteiger partial charge in [-0.25, -0.2) is 4.98 Å². The van der Waals surface area contributed by atoms with Crippen molar-refractivity contribution in [2.24, 2.45) is 0 Å². The minimum Gasteiger partial charge on any atom is -0.495 e. The van der Waals surface area contributed by atoms with Gasteiger partial charge in [0.25, 0.3) is 5.56 Å². The summed E-state index contributed by atoms with van der Waals surface area (Å²) in [4.78, 5) is 32.8. The summed E-state index contributed by atoms with van der Waals surface area (Å²) in [6, 6.07) is 7.32. The number of ether oxygens (including phenoxy) is 1. The summed E-state index contributed by atoms with van der Waals surface area (Å²) in [5, 5.41) is 0. The average Bonchev–Trinajstić information content (AvgIpc) is 2.52. The molecule has 0 aliphatic carbocycles. The van der Waals surface area contributed by atoms with Gasteiger partial charge in [0, 0.05) is 24.7 Å². The van der Waals surface area contributed by atoms with Crippen LogP contribution >= 0.6 is 0 Å². The first kappa shape index (κ1) is 16.7. The molecule has 0 saturated carbocycles. The molecule has 0 bridgehead atoms. The van der Waals surface area contributed by atoms with Crippen molar-refractivity contribution >= 4 is 11.6 Å². The van der Waals surface area contributed by atoms with Crippen molar-refractivity contribution in [1.82, 2.24) is 9.97 Å². The Morgan fingerprint density at radius 1 is 1.30 bits per heavy atom. The molecule has 0 aliphatic heterocycles. The topological polar surface area (TPSA) is 75.3 Å². The maximum Gasteiger partial charge on any atom is 0.254 e. The predicted molar refractivity (Wildman–Crippen MR) is 89.1 cm³/mol. The normalized spacial score (nSPS) is 10.4. The number of H-pyrrole nitrogens is 1. The first-order chi connectivity index (χ1) is 10.9. The van der Waals surface area contributed by atoms with Crippen molar-refractivity contribution in [3.8, 4) is 5.75 Å². The fourth-order valence-electron chi connectivity index (χ4n) is 2.49. The summed E-state index contributed by atoms with van der Waals surface area (Å²) in [7, 11) is 3.27. The Labute approximate surface area is 135 Å². The van der Waals surface area contributed by atoms with Crippen molar-refractivity contribution in [1.29, 1.82) is 0 Å². The number of nitrogens with one attached hydrogen (secondary N) is 1. The molecule has 1 N–H and O–H groups in total. The maximum absolute atomic E-state index is 12.4. The third kappa shape index (κ3) is 3.77. The number of aromatic amines is 1. The first-order valence-electron chi connectivity index (χ1n) is 7.40. The Kier molecular flexibility index (Phi) is 5.16. The highest BCUT2D eigenvalue weighted by molar-refractivity contribution is 5.94. The third-order valence-corrected chi connectivity index (χ3v) is 3.75. The molecule has 122 valence electrons. The smallest absolute Gasteiger partial charge is 0.254 e. The molecular weight excluding hydrogens is 294 g/mol. The van der Waals surface area contributed by atoms with Crippen LogP contribution < -0.4 is 15.2 Å². The summed E-state index contributed by atoms with van der Waals surface area (Å²) >= 11 is 0. The molecule has 0 atom stereocenters. The number of hydrogen-bond donors (Lipinski definition) is 1. The Bertz CT molecular complexity index is 768. The van der Waals surface area contributed by atoms with Crippen molar-refractivity contribution in [2.45, 2.75) is 26.7 Å². The lowest BCUT2D eigenvalue weighted by atomic mass is 10.1. The number of carbonyl (C=O) groups is 1. The van der Waals surface area contributed by atoms with Gasteiger partial charge in [0.1, 0.15) is 11.6 Å². The Morgan fingerprint density at radius 2 is 2.00 bits per heavy atom. The molecule has 23 heavy (non-hydrogen) atoms. The van der Waals surface area contributed by atoms with E-state index in [4.69, 9.17) is 4.74 Å². The van der Waals surface area contributed by atoms with Crippen LogP contribution in [-0.2, 0) is 11.2 Å². The molecule has 0 saturated heterocycles. The number of nitrogens with zero attached hydrogens (tertiary/aromatic N) is 2. The van der Waals surface area contributed by atoms with E-state index in [-0.39, 0.29) is 17.9 Å². The zero-order chi connectivity index (χ0) is 17.0. The van der Waals surface area contributed by atoms with Crippen molar-refractivity contribution in [3.05, 3.63) is 51.7 Å². The predicted octanol–water partition coefficient (Wildman–Crippen LogP) is 1.99. The van der Waals surface area contributed by atoms with Gasteiger partial charge in [-0.3, -0.25) is 9.59 Å². The average molecular weight is 315 g/mol. The number of aryl methyl sites for hydroxylation is 2. The summed E-state index contributed by atoms with van der Waals surface area (Å²) in [5.74, 6) is 1.12. The molecule has 6 heteroatoms. The van der Waals surface area contributed by atoms with Crippen molar-refractivity contribution in [2.75, 3.05) is 19.1 Å². The van der Waals surface area contributed by atoms with E-state index in [2.05, 4.69) is 9.97 Å². The van der Waals surface area contributed by atoms with Crippen molar-refractivity contribution in [3.63, 3.8) is 0 Å². The Balaban J connectivity index is 2.12. The highest BCUT2D eigenvalue weighted by Gasteiger charge is 2.16. The van der Waals surface area contributed by atoms with E-state index in [9.17, 15) is 9.59 Å². The second-order valence-electron chi connectivity index (χ2n) is 5.34. The molecule has 0 aliphatic rings. The van der Waals surface area contributed by atoms with Crippen LogP contribution in [0.5, 0.6) is 5.75 Å². The molecule has 0 fully saturated rings. The first-order valence-corrected chi connectivity index (χ1v) is 7.40. The quantitative estimate of drug-likeness (QED) is 0.915. The number of methoxy groups -OCH3 is 1. The summed E-state index contributed by atoms with van der Waals surface area (Å²) in [6.07, 6.45) is 0.579. The van der Waals surface area contributed by atoms with E-state index >= 15 is 0 Å². The molecule has 1 amide bonds. The van der Waals surface area contributed by atoms with Gasteiger partial charge in [-0.1, -0.05) is 12.1 Å². The number of anilines is 1. The minimum atomic E-state index is -0.178. The molecule has 0 radical (unpaired) electrons. The highest BCUT2D eigenvalue weighted by atomic mass is 16.5. The molecule has 0 unspecified atom stereocenters. The zero-order valence-corrected chi connectivity index (χ0v) is 13.8. The third-order valence-electron chi connectivity index (χ3n) is 3.75. The number of aromatic nitrogens is 2. The van der Waals surface area contributed by atoms with Gasteiger partial charge in [0.2, 0.25) is 5.91 Å². The molecular formula is C17H21N3O3. The van der Waals surface area contributed by atoms with Gasteiger partial charge in [0.15, 0.2) is 0 Å². The van der Waals surface area contributed by atoms with Gasteiger partial charge in [-0.15, -0.1) is 0 Å². The van der Waals surface area contributed by atoms with Crippen LogP contribution in [0.4, 0.5) is 5.69 Å². The van der Waals surface area contributed by atoms with Gasteiger partial charge in [-0.05, 0) is 32.4 Å². The van der Waals surface area contributed by atoms with Gasteiger partial charge in [-0.2, -0.15) is 0 Å².